The summed E-state index contributed by atoms with van der Waals surface area (Å²) in [6.07, 6.45) is 0.475. The molecule has 16 heavy (non-hydrogen) atoms. The van der Waals surface area contributed by atoms with Crippen molar-refractivity contribution in [2.24, 2.45) is 0 Å². The maximum Gasteiger partial charge on any atom is 0.238 e. The van der Waals surface area contributed by atoms with Gasteiger partial charge in [-0.1, -0.05) is 12.1 Å². The van der Waals surface area contributed by atoms with Crippen LogP contribution in [-0.4, -0.2) is 22.1 Å². The molecule has 4 heteroatoms. The van der Waals surface area contributed by atoms with Gasteiger partial charge in [0.05, 0.1) is 6.04 Å². The maximum atomic E-state index is 11.7. The largest absolute Gasteiger partial charge is 0.508 e. The molecule has 1 unspecified atom stereocenters. The Balaban J connectivity index is 2.13. The average molecular weight is 220 g/mol. The van der Waals surface area contributed by atoms with Gasteiger partial charge in [-0.15, -0.1) is 0 Å². The Hall–Kier alpha value is -1.55. The Morgan fingerprint density at radius 3 is 2.50 bits per heavy atom. The number of carbonyl (C=O) groups excluding carboxylic acids is 1. The highest BCUT2D eigenvalue weighted by atomic mass is 16.3. The van der Waals surface area contributed by atoms with Crippen molar-refractivity contribution in [1.29, 1.82) is 0 Å². The summed E-state index contributed by atoms with van der Waals surface area (Å²) in [5.74, 6) is 0.363. The van der Waals surface area contributed by atoms with E-state index < -0.39 is 0 Å². The molecule has 1 atom stereocenters. The standard InChI is InChI=1S/C12H16N2O2/c1-8(2)14-12(16)7-11(13-14)9-3-5-10(15)6-4-9/h3-6,8,11,13,15H,7H2,1-2H3. The number of phenols is 1. The Morgan fingerprint density at radius 2 is 2.00 bits per heavy atom. The number of hydrogen-bond donors (Lipinski definition) is 2. The van der Waals surface area contributed by atoms with Crippen LogP contribution in [-0.2, 0) is 4.79 Å². The zero-order chi connectivity index (χ0) is 11.7. The van der Waals surface area contributed by atoms with Crippen molar-refractivity contribution in [3.63, 3.8) is 0 Å². The number of benzene rings is 1. The van der Waals surface area contributed by atoms with Crippen LogP contribution in [0, 0.1) is 0 Å². The van der Waals surface area contributed by atoms with Gasteiger partial charge in [-0.2, -0.15) is 0 Å². The molecule has 2 N–H and O–H groups in total. The Morgan fingerprint density at radius 1 is 1.38 bits per heavy atom. The molecule has 0 spiro atoms. The number of nitrogens with one attached hydrogen (secondary N) is 1. The molecule has 0 aromatic heterocycles. The first kappa shape index (κ1) is 11.0. The first-order chi connectivity index (χ1) is 7.58. The number of amides is 1. The third-order valence-electron chi connectivity index (χ3n) is 2.75. The number of rotatable bonds is 2. The van der Waals surface area contributed by atoms with Gasteiger partial charge in [0.25, 0.3) is 0 Å². The molecule has 86 valence electrons. The molecular formula is C12H16N2O2. The fourth-order valence-electron chi connectivity index (χ4n) is 1.89. The molecule has 1 aromatic rings. The highest BCUT2D eigenvalue weighted by Gasteiger charge is 2.31. The molecule has 1 aliphatic heterocycles. The van der Waals surface area contributed by atoms with Crippen molar-refractivity contribution >= 4 is 5.91 Å². The lowest BCUT2D eigenvalue weighted by atomic mass is 10.1. The number of hydrogen-bond acceptors (Lipinski definition) is 3. The first-order valence-corrected chi connectivity index (χ1v) is 5.45. The van der Waals surface area contributed by atoms with Crippen LogP contribution in [0.2, 0.25) is 0 Å². The quantitative estimate of drug-likeness (QED) is 0.795. The fourth-order valence-corrected chi connectivity index (χ4v) is 1.89. The second kappa shape index (κ2) is 4.14. The summed E-state index contributed by atoms with van der Waals surface area (Å²) in [7, 11) is 0. The number of aromatic hydroxyl groups is 1. The van der Waals surface area contributed by atoms with Crippen LogP contribution < -0.4 is 5.43 Å². The number of phenolic OH excluding ortho intramolecular Hbond substituents is 1. The Bertz CT molecular complexity index is 387. The fraction of sp³-hybridized carbons (Fsp3) is 0.417. The van der Waals surface area contributed by atoms with Crippen molar-refractivity contribution in [2.45, 2.75) is 32.4 Å². The van der Waals surface area contributed by atoms with E-state index >= 15 is 0 Å². The van der Waals surface area contributed by atoms with Gasteiger partial charge in [0, 0.05) is 12.5 Å². The van der Waals surface area contributed by atoms with Crippen LogP contribution in [0.15, 0.2) is 24.3 Å². The summed E-state index contributed by atoms with van der Waals surface area (Å²) in [6.45, 7) is 3.95. The molecule has 1 heterocycles. The molecule has 1 fully saturated rings. The van der Waals surface area contributed by atoms with E-state index in [2.05, 4.69) is 5.43 Å². The normalized spacial score (nSPS) is 20.8. The zero-order valence-corrected chi connectivity index (χ0v) is 9.47. The topological polar surface area (TPSA) is 52.6 Å². The first-order valence-electron chi connectivity index (χ1n) is 5.45. The molecule has 1 aliphatic rings. The third kappa shape index (κ3) is 2.02. The molecular weight excluding hydrogens is 204 g/mol. The number of hydrazine groups is 1. The van der Waals surface area contributed by atoms with Gasteiger partial charge in [-0.3, -0.25) is 9.80 Å². The van der Waals surface area contributed by atoms with E-state index in [1.807, 2.05) is 26.0 Å². The minimum absolute atomic E-state index is 0.0236. The van der Waals surface area contributed by atoms with Crippen molar-refractivity contribution in [2.75, 3.05) is 0 Å². The van der Waals surface area contributed by atoms with Gasteiger partial charge < -0.3 is 5.11 Å². The number of nitrogens with zero attached hydrogens (tertiary/aromatic N) is 1. The lowest BCUT2D eigenvalue weighted by molar-refractivity contribution is -0.131. The van der Waals surface area contributed by atoms with E-state index in [1.54, 1.807) is 17.1 Å². The summed E-state index contributed by atoms with van der Waals surface area (Å²) < 4.78 is 0. The third-order valence-corrected chi connectivity index (χ3v) is 2.75. The van der Waals surface area contributed by atoms with Crippen LogP contribution in [0.25, 0.3) is 0 Å². The van der Waals surface area contributed by atoms with Gasteiger partial charge in [0.1, 0.15) is 5.75 Å². The van der Waals surface area contributed by atoms with E-state index in [4.69, 9.17) is 0 Å². The smallest absolute Gasteiger partial charge is 0.238 e. The molecule has 2 rings (SSSR count). The van der Waals surface area contributed by atoms with Gasteiger partial charge >= 0.3 is 0 Å². The predicted octanol–water partition coefficient (Wildman–Crippen LogP) is 1.58. The molecule has 4 nitrogen and oxygen atoms in total. The highest BCUT2D eigenvalue weighted by molar-refractivity contribution is 5.79. The molecule has 0 saturated carbocycles. The summed E-state index contributed by atoms with van der Waals surface area (Å²) in [6, 6.07) is 7.14. The van der Waals surface area contributed by atoms with Gasteiger partial charge in [0.2, 0.25) is 5.91 Å². The Kier molecular flexibility index (Phi) is 2.83. The van der Waals surface area contributed by atoms with Crippen LogP contribution >= 0.6 is 0 Å². The molecule has 0 bridgehead atoms. The van der Waals surface area contributed by atoms with Crippen molar-refractivity contribution < 1.29 is 9.90 Å². The van der Waals surface area contributed by atoms with Gasteiger partial charge in [0.15, 0.2) is 0 Å². The lowest BCUT2D eigenvalue weighted by Crippen LogP contribution is -2.40. The molecule has 1 saturated heterocycles. The van der Waals surface area contributed by atoms with Crippen LogP contribution in [0.5, 0.6) is 5.75 Å². The second-order valence-electron chi connectivity index (χ2n) is 4.33. The minimum Gasteiger partial charge on any atom is -0.508 e. The second-order valence-corrected chi connectivity index (χ2v) is 4.33. The van der Waals surface area contributed by atoms with Gasteiger partial charge in [-0.25, -0.2) is 5.43 Å². The van der Waals surface area contributed by atoms with Crippen LogP contribution in [0.3, 0.4) is 0 Å². The number of carbonyl (C=O) groups is 1. The van der Waals surface area contributed by atoms with E-state index in [1.165, 1.54) is 0 Å². The maximum absolute atomic E-state index is 11.7. The monoisotopic (exact) mass is 220 g/mol. The van der Waals surface area contributed by atoms with Crippen molar-refractivity contribution in [1.82, 2.24) is 10.4 Å². The van der Waals surface area contributed by atoms with Crippen LogP contribution in [0.1, 0.15) is 31.9 Å². The molecule has 0 aliphatic carbocycles. The average Bonchev–Trinajstić information content (AvgIpc) is 2.61. The summed E-state index contributed by atoms with van der Waals surface area (Å²) in [5.41, 5.74) is 4.20. The Labute approximate surface area is 94.9 Å². The zero-order valence-electron chi connectivity index (χ0n) is 9.47. The lowest BCUT2D eigenvalue weighted by Gasteiger charge is -2.22. The molecule has 0 radical (unpaired) electrons. The molecule has 1 aromatic carbocycles. The highest BCUT2D eigenvalue weighted by Crippen LogP contribution is 2.25. The van der Waals surface area contributed by atoms with E-state index in [0.29, 0.717) is 6.42 Å². The van der Waals surface area contributed by atoms with Crippen molar-refractivity contribution in [3.05, 3.63) is 29.8 Å². The van der Waals surface area contributed by atoms with E-state index in [0.717, 1.165) is 5.56 Å². The SMILES string of the molecule is CC(C)N1NC(c2ccc(O)cc2)CC1=O. The summed E-state index contributed by atoms with van der Waals surface area (Å²) in [5, 5.41) is 10.9. The van der Waals surface area contributed by atoms with Gasteiger partial charge in [-0.05, 0) is 31.5 Å². The minimum atomic E-state index is 0.0236. The van der Waals surface area contributed by atoms with Crippen LogP contribution in [0.4, 0.5) is 0 Å². The predicted molar refractivity (Wildman–Crippen MR) is 60.6 cm³/mol. The van der Waals surface area contributed by atoms with Crippen molar-refractivity contribution in [3.8, 4) is 5.75 Å². The van der Waals surface area contributed by atoms with E-state index in [9.17, 15) is 9.90 Å². The molecule has 1 amide bonds. The summed E-state index contributed by atoms with van der Waals surface area (Å²) in [4.78, 5) is 11.7. The van der Waals surface area contributed by atoms with E-state index in [-0.39, 0.29) is 23.7 Å². The summed E-state index contributed by atoms with van der Waals surface area (Å²) >= 11 is 0.